The summed E-state index contributed by atoms with van der Waals surface area (Å²) in [6.07, 6.45) is 0.956. The molecule has 7 nitrogen and oxygen atoms in total. The number of benzene rings is 1. The molecule has 2 heterocycles. The van der Waals surface area contributed by atoms with E-state index in [9.17, 15) is 16.8 Å². The zero-order valence-electron chi connectivity index (χ0n) is 13.6. The summed E-state index contributed by atoms with van der Waals surface area (Å²) in [7, 11) is -6.13. The topological polar surface area (TPSA) is 95.6 Å². The fourth-order valence-electron chi connectivity index (χ4n) is 3.11. The molecule has 1 aromatic rings. The fourth-order valence-corrected chi connectivity index (χ4v) is 6.79. The minimum atomic E-state index is -3.09. The molecule has 0 radical (unpaired) electrons. The highest BCUT2D eigenvalue weighted by Gasteiger charge is 2.37. The molecule has 0 spiro atoms. The van der Waals surface area contributed by atoms with Crippen molar-refractivity contribution in [2.24, 2.45) is 0 Å². The summed E-state index contributed by atoms with van der Waals surface area (Å²) in [5, 5.41) is 5.07. The molecule has 138 valence electrons. The highest BCUT2D eigenvalue weighted by molar-refractivity contribution is 7.92. The van der Waals surface area contributed by atoms with Gasteiger partial charge in [-0.2, -0.15) is 0 Å². The van der Waals surface area contributed by atoms with Gasteiger partial charge < -0.3 is 5.32 Å². The molecule has 3 rings (SSSR count). The lowest BCUT2D eigenvalue weighted by Gasteiger charge is -2.33. The van der Waals surface area contributed by atoms with Crippen LogP contribution in [0.3, 0.4) is 0 Å². The van der Waals surface area contributed by atoms with Crippen LogP contribution in [0.15, 0.2) is 30.3 Å². The van der Waals surface area contributed by atoms with Gasteiger partial charge in [-0.15, -0.1) is 0 Å². The Kier molecular flexibility index (Phi) is 5.33. The van der Waals surface area contributed by atoms with Crippen molar-refractivity contribution in [3.63, 3.8) is 0 Å². The maximum Gasteiger partial charge on any atom is 0.188 e. The van der Waals surface area contributed by atoms with E-state index in [1.54, 1.807) is 5.01 Å². The van der Waals surface area contributed by atoms with Crippen LogP contribution in [-0.4, -0.2) is 62.1 Å². The average Bonchev–Trinajstić information content (AvgIpc) is 3.07. The third kappa shape index (κ3) is 4.90. The van der Waals surface area contributed by atoms with Gasteiger partial charge in [-0.3, -0.25) is 5.01 Å². The number of hydrogen-bond donors (Lipinski definition) is 2. The lowest BCUT2D eigenvalue weighted by Crippen LogP contribution is -2.55. The van der Waals surface area contributed by atoms with E-state index in [0.29, 0.717) is 18.0 Å². The Balaban J connectivity index is 1.75. The minimum absolute atomic E-state index is 0.01000. The van der Waals surface area contributed by atoms with E-state index in [1.807, 2.05) is 30.3 Å². The number of anilines is 1. The van der Waals surface area contributed by atoms with Crippen molar-refractivity contribution in [1.82, 2.24) is 10.4 Å². The third-order valence-corrected chi connectivity index (χ3v) is 8.19. The second-order valence-corrected chi connectivity index (χ2v) is 11.3. The maximum absolute atomic E-state index is 11.9. The number of hydrazine groups is 1. The summed E-state index contributed by atoms with van der Waals surface area (Å²) >= 11 is 5.47. The predicted molar refractivity (Wildman–Crippen MR) is 102 cm³/mol. The fraction of sp³-hybridized carbons (Fsp3) is 0.533. The smallest absolute Gasteiger partial charge is 0.188 e. The molecule has 0 amide bonds. The highest BCUT2D eigenvalue weighted by atomic mass is 32.2. The van der Waals surface area contributed by atoms with Crippen LogP contribution >= 0.6 is 12.2 Å². The molecular weight excluding hydrogens is 382 g/mol. The Morgan fingerprint density at radius 1 is 1.00 bits per heavy atom. The highest BCUT2D eigenvalue weighted by Crippen LogP contribution is 2.20. The van der Waals surface area contributed by atoms with E-state index in [2.05, 4.69) is 10.7 Å². The molecule has 10 heteroatoms. The van der Waals surface area contributed by atoms with Crippen molar-refractivity contribution < 1.29 is 16.8 Å². The zero-order chi connectivity index (χ0) is 18.1. The first-order valence-electron chi connectivity index (χ1n) is 8.06. The number of sulfone groups is 2. The third-order valence-electron chi connectivity index (χ3n) is 4.37. The van der Waals surface area contributed by atoms with E-state index in [4.69, 9.17) is 12.2 Å². The lowest BCUT2D eigenvalue weighted by molar-refractivity contribution is 0.220. The van der Waals surface area contributed by atoms with Gasteiger partial charge in [0.15, 0.2) is 24.8 Å². The van der Waals surface area contributed by atoms with E-state index in [0.717, 1.165) is 5.69 Å². The molecule has 0 unspecified atom stereocenters. The molecule has 2 fully saturated rings. The molecule has 0 aromatic heterocycles. The van der Waals surface area contributed by atoms with Crippen molar-refractivity contribution in [1.29, 1.82) is 0 Å². The molecule has 0 saturated carbocycles. The normalized spacial score (nSPS) is 27.0. The van der Waals surface area contributed by atoms with E-state index < -0.39 is 19.7 Å². The SMILES string of the molecule is O=S1(=O)CC[C@H](NN(C(=S)Nc2ccccc2)[C@H]2CCS(=O)(=O)C2)C1. The predicted octanol–water partition coefficient (Wildman–Crippen LogP) is 0.564. The monoisotopic (exact) mass is 403 g/mol. The van der Waals surface area contributed by atoms with Crippen LogP contribution in [0.4, 0.5) is 5.69 Å². The summed E-state index contributed by atoms with van der Waals surface area (Å²) in [6, 6.07) is 8.77. The van der Waals surface area contributed by atoms with Crippen LogP contribution < -0.4 is 10.7 Å². The Bertz CT molecular complexity index is 840. The number of nitrogens with one attached hydrogen (secondary N) is 2. The molecule has 25 heavy (non-hydrogen) atoms. The average molecular weight is 404 g/mol. The Morgan fingerprint density at radius 2 is 1.64 bits per heavy atom. The Labute approximate surface area is 153 Å². The second kappa shape index (κ2) is 7.18. The van der Waals surface area contributed by atoms with Gasteiger partial charge in [0.05, 0.1) is 29.1 Å². The molecule has 1 aromatic carbocycles. The van der Waals surface area contributed by atoms with Crippen LogP contribution in [-0.2, 0) is 19.7 Å². The van der Waals surface area contributed by atoms with Gasteiger partial charge in [-0.1, -0.05) is 18.2 Å². The van der Waals surface area contributed by atoms with Gasteiger partial charge >= 0.3 is 0 Å². The van der Waals surface area contributed by atoms with Crippen molar-refractivity contribution >= 4 is 42.7 Å². The van der Waals surface area contributed by atoms with Crippen LogP contribution in [0, 0.1) is 0 Å². The van der Waals surface area contributed by atoms with E-state index >= 15 is 0 Å². The van der Waals surface area contributed by atoms with Crippen molar-refractivity contribution in [3.05, 3.63) is 30.3 Å². The first kappa shape index (κ1) is 18.6. The quantitative estimate of drug-likeness (QED) is 0.556. The minimum Gasteiger partial charge on any atom is -0.332 e. The summed E-state index contributed by atoms with van der Waals surface area (Å²) in [5.74, 6) is 0.306. The van der Waals surface area contributed by atoms with Gasteiger partial charge in [-0.25, -0.2) is 22.3 Å². The molecular formula is C15H21N3O4S3. The number of rotatable bonds is 4. The van der Waals surface area contributed by atoms with E-state index in [-0.39, 0.29) is 35.1 Å². The number of hydrogen-bond acceptors (Lipinski definition) is 6. The summed E-state index contributed by atoms with van der Waals surface area (Å²) < 4.78 is 47.1. The number of para-hydroxylation sites is 1. The molecule has 2 aliphatic heterocycles. The molecule has 0 bridgehead atoms. The second-order valence-electron chi connectivity index (χ2n) is 6.45. The Morgan fingerprint density at radius 3 is 2.20 bits per heavy atom. The Hall–Kier alpha value is -1.23. The van der Waals surface area contributed by atoms with Crippen molar-refractivity contribution in [2.45, 2.75) is 24.9 Å². The molecule has 2 saturated heterocycles. The molecule has 2 aliphatic rings. The van der Waals surface area contributed by atoms with Crippen LogP contribution in [0.25, 0.3) is 0 Å². The van der Waals surface area contributed by atoms with Gasteiger partial charge in [0, 0.05) is 11.7 Å². The van der Waals surface area contributed by atoms with Crippen LogP contribution in [0.5, 0.6) is 0 Å². The summed E-state index contributed by atoms with van der Waals surface area (Å²) in [4.78, 5) is 0. The summed E-state index contributed by atoms with van der Waals surface area (Å²) in [5.41, 5.74) is 3.95. The zero-order valence-corrected chi connectivity index (χ0v) is 16.0. The molecule has 2 atom stereocenters. The largest absolute Gasteiger partial charge is 0.332 e. The number of nitrogens with zero attached hydrogens (tertiary/aromatic N) is 1. The van der Waals surface area contributed by atoms with E-state index in [1.165, 1.54) is 0 Å². The van der Waals surface area contributed by atoms with Gasteiger partial charge in [0.2, 0.25) is 0 Å². The van der Waals surface area contributed by atoms with Crippen LogP contribution in [0.1, 0.15) is 12.8 Å². The van der Waals surface area contributed by atoms with Crippen molar-refractivity contribution in [3.8, 4) is 0 Å². The molecule has 2 N–H and O–H groups in total. The molecule has 0 aliphatic carbocycles. The first-order valence-corrected chi connectivity index (χ1v) is 12.1. The van der Waals surface area contributed by atoms with Gasteiger partial charge in [0.1, 0.15) is 0 Å². The van der Waals surface area contributed by atoms with Crippen LogP contribution in [0.2, 0.25) is 0 Å². The maximum atomic E-state index is 11.9. The summed E-state index contributed by atoms with van der Waals surface area (Å²) in [6.45, 7) is 0. The number of thiocarbonyl (C=S) groups is 1. The van der Waals surface area contributed by atoms with Crippen molar-refractivity contribution in [2.75, 3.05) is 28.3 Å². The van der Waals surface area contributed by atoms with Gasteiger partial charge in [-0.05, 0) is 37.2 Å². The van der Waals surface area contributed by atoms with Gasteiger partial charge in [0.25, 0.3) is 0 Å². The first-order chi connectivity index (χ1) is 11.7. The standard InChI is InChI=1S/C15H21N3O4S3/c19-24(20)8-6-13(10-24)17-18(14-7-9-25(21,22)11-14)15(23)16-12-4-2-1-3-5-12/h1-5,13-14,17H,6-11H2,(H,16,23)/t13-,14-/m0/s1. The lowest BCUT2D eigenvalue weighted by atomic mass is 10.2.